The number of carbonyl (C=O) groups excluding carboxylic acids is 4. The number of likely N-dealkylation sites (tertiary alicyclic amines) is 2. The maximum absolute atomic E-state index is 14.4. The molecule has 4 amide bonds. The Morgan fingerprint density at radius 2 is 1.63 bits per heavy atom. The Labute approximate surface area is 377 Å². The van der Waals surface area contributed by atoms with E-state index < -0.39 is 24.3 Å². The van der Waals surface area contributed by atoms with Crippen LogP contribution in [-0.4, -0.2) is 103 Å². The van der Waals surface area contributed by atoms with Crippen LogP contribution >= 0.6 is 0 Å². The first-order chi connectivity index (χ1) is 31.4. The number of fused-ring (bicyclic) bond motifs is 6. The van der Waals surface area contributed by atoms with Crippen molar-refractivity contribution in [1.82, 2.24) is 30.4 Å². The van der Waals surface area contributed by atoms with Crippen LogP contribution in [0.3, 0.4) is 0 Å². The lowest BCUT2D eigenvalue weighted by Gasteiger charge is -2.30. The summed E-state index contributed by atoms with van der Waals surface area (Å²) in [6.45, 7) is 7.85. The maximum Gasteiger partial charge on any atom is 0.407 e. The van der Waals surface area contributed by atoms with E-state index in [1.54, 1.807) is 7.11 Å². The second-order valence-corrected chi connectivity index (χ2v) is 18.0. The van der Waals surface area contributed by atoms with Crippen molar-refractivity contribution in [3.63, 3.8) is 0 Å². The fourth-order valence-electron chi connectivity index (χ4n) is 10.1. The van der Waals surface area contributed by atoms with Crippen LogP contribution in [0.25, 0.3) is 33.2 Å². The zero-order valence-electron chi connectivity index (χ0n) is 37.6. The summed E-state index contributed by atoms with van der Waals surface area (Å²) in [6.07, 6.45) is 2.51. The minimum absolute atomic E-state index is 0.0981. The van der Waals surface area contributed by atoms with Crippen LogP contribution in [0.5, 0.6) is 5.75 Å². The van der Waals surface area contributed by atoms with E-state index in [-0.39, 0.29) is 41.7 Å². The van der Waals surface area contributed by atoms with E-state index in [1.807, 2.05) is 60.2 Å². The molecule has 0 spiro atoms. The molecule has 6 atom stereocenters. The van der Waals surface area contributed by atoms with Gasteiger partial charge in [-0.3, -0.25) is 14.6 Å². The minimum atomic E-state index is -0.928. The van der Waals surface area contributed by atoms with Crippen LogP contribution in [0.4, 0.5) is 15.3 Å². The van der Waals surface area contributed by atoms with Gasteiger partial charge in [0.1, 0.15) is 30.3 Å². The van der Waals surface area contributed by atoms with Crippen LogP contribution in [0.15, 0.2) is 84.0 Å². The summed E-state index contributed by atoms with van der Waals surface area (Å²) in [6, 6.07) is 21.8. The predicted molar refractivity (Wildman–Crippen MR) is 245 cm³/mol. The number of carbonyl (C=O) groups is 4. The lowest BCUT2D eigenvalue weighted by molar-refractivity contribution is -0.135. The van der Waals surface area contributed by atoms with Gasteiger partial charge in [0, 0.05) is 43.8 Å². The van der Waals surface area contributed by atoms with E-state index >= 15 is 0 Å². The van der Waals surface area contributed by atoms with Gasteiger partial charge in [0.2, 0.25) is 11.8 Å². The minimum Gasteiger partial charge on any atom is -0.488 e. The summed E-state index contributed by atoms with van der Waals surface area (Å²) in [5.74, 6) is 1.35. The summed E-state index contributed by atoms with van der Waals surface area (Å²) >= 11 is 0. The average molecular weight is 882 g/mol. The molecule has 65 heavy (non-hydrogen) atoms. The normalized spacial score (nSPS) is 20.6. The number of hydrogen-bond acceptors (Lipinski definition) is 10. The van der Waals surface area contributed by atoms with Crippen molar-refractivity contribution in [3.8, 4) is 28.1 Å². The van der Waals surface area contributed by atoms with E-state index in [0.717, 1.165) is 67.9 Å². The molecule has 338 valence electrons. The number of ether oxygens (including phenoxy) is 4. The van der Waals surface area contributed by atoms with Crippen molar-refractivity contribution in [3.05, 3.63) is 102 Å². The van der Waals surface area contributed by atoms with Gasteiger partial charge in [-0.2, -0.15) is 0 Å². The predicted octanol–water partition coefficient (Wildman–Crippen LogP) is 7.67. The number of aromatic amines is 1. The van der Waals surface area contributed by atoms with Crippen molar-refractivity contribution in [2.24, 2.45) is 22.7 Å². The first kappa shape index (κ1) is 43.5. The molecule has 1 aromatic heterocycles. The lowest BCUT2D eigenvalue weighted by atomic mass is 9.90. The summed E-state index contributed by atoms with van der Waals surface area (Å²) in [5.41, 5.74) is 8.47. The average Bonchev–Trinajstić information content (AvgIpc) is 4.15. The molecule has 2 fully saturated rings. The topological polar surface area (TPSA) is 177 Å². The first-order valence-electron chi connectivity index (χ1n) is 22.3. The lowest BCUT2D eigenvalue weighted by Crippen LogP contribution is -2.51. The standard InChI is InChI=1S/C50H55N7O8/c1-27(2)44(54-49(60)63-5)47(58)56-23-28(3)16-42(56)46-51-22-40(53-46)32-12-14-34-33(18-32)26-65-43-21-35-31(19-37(34)43)13-15-38-36(35)20-39(52-38)41-17-29(25-62-4)24-57(41)48(59)45(55-50(61)64-6)30-10-8-7-9-11-30/h7-15,18-19,21-22,27-29,41-42,44-45H,16-17,20,23-26H2,1-6H3,(H,51,53)(H,54,60)(H,55,61)/t28-,29-,41-,42-,44-,45+/m0/s1. The SMILES string of the molecule is COC[C@H]1C[C@@H](C2=Nc3ccc4cc5c(cc4c3C2)OCc2cc(-c3cnc([C@@H]4C[C@H](C)CN4C(=O)[C@@H](NC(=O)OC)C(C)C)[nH]3)ccc2-5)N(C(=O)[C@H](NC(=O)OC)c2ccccc2)C1. The molecule has 5 aromatic rings. The third-order valence-electron chi connectivity index (χ3n) is 13.3. The number of nitrogens with one attached hydrogen (secondary N) is 3. The molecule has 4 aromatic carbocycles. The largest absolute Gasteiger partial charge is 0.488 e. The fraction of sp³-hybridized carbons (Fsp3) is 0.400. The van der Waals surface area contributed by atoms with Crippen LogP contribution in [0.1, 0.15) is 68.2 Å². The molecule has 0 saturated carbocycles. The molecule has 0 radical (unpaired) electrons. The fourth-order valence-corrected chi connectivity index (χ4v) is 10.1. The molecular weight excluding hydrogens is 827 g/mol. The zero-order chi connectivity index (χ0) is 45.5. The van der Waals surface area contributed by atoms with Crippen molar-refractivity contribution in [2.45, 2.75) is 70.8 Å². The summed E-state index contributed by atoms with van der Waals surface area (Å²) < 4.78 is 21.8. The molecule has 15 heteroatoms. The molecular formula is C50H55N7O8. The second kappa shape index (κ2) is 18.0. The highest BCUT2D eigenvalue weighted by Crippen LogP contribution is 2.45. The van der Waals surface area contributed by atoms with Gasteiger partial charge in [0.25, 0.3) is 0 Å². The number of H-pyrrole nitrogens is 1. The highest BCUT2D eigenvalue weighted by Gasteiger charge is 2.43. The van der Waals surface area contributed by atoms with Gasteiger partial charge >= 0.3 is 12.2 Å². The number of amides is 4. The molecule has 3 N–H and O–H groups in total. The Morgan fingerprint density at radius 1 is 0.862 bits per heavy atom. The van der Waals surface area contributed by atoms with Crippen molar-refractivity contribution < 1.29 is 38.1 Å². The second-order valence-electron chi connectivity index (χ2n) is 18.0. The third-order valence-corrected chi connectivity index (χ3v) is 13.3. The molecule has 5 heterocycles. The van der Waals surface area contributed by atoms with Crippen molar-refractivity contribution >= 4 is 46.2 Å². The number of alkyl carbamates (subject to hydrolysis) is 2. The van der Waals surface area contributed by atoms with Gasteiger partial charge in [-0.15, -0.1) is 0 Å². The zero-order valence-corrected chi connectivity index (χ0v) is 37.6. The van der Waals surface area contributed by atoms with E-state index in [1.165, 1.54) is 14.2 Å². The summed E-state index contributed by atoms with van der Waals surface area (Å²) in [4.78, 5) is 70.0. The van der Waals surface area contributed by atoms with Gasteiger partial charge in [0.05, 0.1) is 50.5 Å². The van der Waals surface area contributed by atoms with Gasteiger partial charge in [-0.1, -0.05) is 69.3 Å². The van der Waals surface area contributed by atoms with Gasteiger partial charge in [-0.05, 0) is 87.5 Å². The Balaban J connectivity index is 0.949. The van der Waals surface area contributed by atoms with Crippen LogP contribution in [-0.2, 0) is 36.8 Å². The summed E-state index contributed by atoms with van der Waals surface area (Å²) in [5, 5.41) is 7.61. The number of aromatic nitrogens is 2. The van der Waals surface area contributed by atoms with E-state index in [0.29, 0.717) is 50.5 Å². The van der Waals surface area contributed by atoms with Crippen molar-refractivity contribution in [2.75, 3.05) is 41.0 Å². The smallest absolute Gasteiger partial charge is 0.407 e. The van der Waals surface area contributed by atoms with Crippen LogP contribution in [0, 0.1) is 17.8 Å². The Hall–Kier alpha value is -6.74. The molecule has 0 unspecified atom stereocenters. The number of methoxy groups -OCH3 is 3. The van der Waals surface area contributed by atoms with Crippen LogP contribution in [0.2, 0.25) is 0 Å². The first-order valence-corrected chi connectivity index (χ1v) is 22.3. The maximum atomic E-state index is 14.4. The molecule has 15 nitrogen and oxygen atoms in total. The Morgan fingerprint density at radius 3 is 2.38 bits per heavy atom. The number of benzene rings is 4. The number of imidazole rings is 1. The number of nitrogens with zero attached hydrogens (tertiary/aromatic N) is 4. The molecule has 4 aliphatic rings. The van der Waals surface area contributed by atoms with E-state index in [9.17, 15) is 19.2 Å². The highest BCUT2D eigenvalue weighted by atomic mass is 16.5. The molecule has 4 aliphatic heterocycles. The number of aliphatic imine (C=N–C) groups is 1. The van der Waals surface area contributed by atoms with Crippen molar-refractivity contribution in [1.29, 1.82) is 0 Å². The summed E-state index contributed by atoms with van der Waals surface area (Å²) in [7, 11) is 4.25. The highest BCUT2D eigenvalue weighted by molar-refractivity contribution is 6.07. The molecule has 9 rings (SSSR count). The molecule has 0 bridgehead atoms. The monoisotopic (exact) mass is 881 g/mol. The number of hydrogen-bond donors (Lipinski definition) is 3. The quantitative estimate of drug-likeness (QED) is 0.120. The van der Waals surface area contributed by atoms with E-state index in [2.05, 4.69) is 65.0 Å². The van der Waals surface area contributed by atoms with Gasteiger partial charge in [0.15, 0.2) is 0 Å². The van der Waals surface area contributed by atoms with Crippen LogP contribution < -0.4 is 15.4 Å². The Bertz CT molecular complexity index is 2680. The third kappa shape index (κ3) is 8.40. The number of rotatable bonds is 11. The van der Waals surface area contributed by atoms with E-state index in [4.69, 9.17) is 28.9 Å². The Kier molecular flexibility index (Phi) is 12.1. The molecule has 2 saturated heterocycles. The van der Waals surface area contributed by atoms with Gasteiger partial charge in [-0.25, -0.2) is 14.6 Å². The van der Waals surface area contributed by atoms with Gasteiger partial charge < -0.3 is 44.4 Å². The molecule has 0 aliphatic carbocycles.